The third kappa shape index (κ3) is 3.67. The molecule has 0 saturated heterocycles. The fraction of sp³-hybridized carbons (Fsp3) is 0.0556. The van der Waals surface area contributed by atoms with Crippen molar-refractivity contribution in [1.82, 2.24) is 4.98 Å². The zero-order valence-corrected chi connectivity index (χ0v) is 13.7. The van der Waals surface area contributed by atoms with Gasteiger partial charge in [0.05, 0.1) is 11.2 Å². The monoisotopic (exact) mass is 378 g/mol. The molecular weight excluding hydrogens is 369 g/mol. The van der Waals surface area contributed by atoms with Crippen LogP contribution in [0.25, 0.3) is 22.2 Å². The lowest BCUT2D eigenvalue weighted by molar-refractivity contribution is -0.167. The number of hydrogen-bond acceptors (Lipinski definition) is 3. The van der Waals surface area contributed by atoms with E-state index in [0.29, 0.717) is 22.2 Å². The first kappa shape index (κ1) is 17.9. The average molecular weight is 379 g/mol. The molecule has 3 rings (SSSR count). The number of halogens is 4. The minimum atomic E-state index is -4.96. The summed E-state index contributed by atoms with van der Waals surface area (Å²) in [5, 5.41) is 1.72. The van der Waals surface area contributed by atoms with Crippen LogP contribution in [0, 0.1) is 0 Å². The van der Waals surface area contributed by atoms with Crippen molar-refractivity contribution >= 4 is 39.3 Å². The summed E-state index contributed by atoms with van der Waals surface area (Å²) in [4.78, 5) is 27.1. The molecule has 0 aliphatic rings. The van der Waals surface area contributed by atoms with Crippen molar-refractivity contribution in [3.05, 3.63) is 60.2 Å². The summed E-state index contributed by atoms with van der Waals surface area (Å²) in [7, 11) is 0. The van der Waals surface area contributed by atoms with Gasteiger partial charge in [-0.2, -0.15) is 13.2 Å². The molecule has 0 radical (unpaired) electrons. The minimum absolute atomic E-state index is 0.00879. The number of anilines is 1. The van der Waals surface area contributed by atoms with Crippen LogP contribution < -0.4 is 5.32 Å². The summed E-state index contributed by atoms with van der Waals surface area (Å²) < 4.78 is 36.8. The van der Waals surface area contributed by atoms with E-state index in [2.05, 4.69) is 4.98 Å². The molecule has 3 aromatic rings. The molecule has 1 amide bonds. The second kappa shape index (κ2) is 6.76. The van der Waals surface area contributed by atoms with Crippen molar-refractivity contribution in [2.45, 2.75) is 6.18 Å². The number of benzene rings is 2. The Balaban J connectivity index is 1.97. The summed E-state index contributed by atoms with van der Waals surface area (Å²) in [5.41, 5.74) is 1.82. The van der Waals surface area contributed by atoms with Crippen LogP contribution in [-0.2, 0) is 4.79 Å². The topological polar surface area (TPSA) is 59.1 Å². The molecule has 0 saturated carbocycles. The first-order chi connectivity index (χ1) is 12.3. The summed E-state index contributed by atoms with van der Waals surface area (Å²) in [6, 6.07) is 14.1. The SMILES string of the molecule is O=C(Cl)c1cc(-c2ccc(NC(=O)C(F)(F)F)cc2)nc2ccccc12. The molecule has 132 valence electrons. The lowest BCUT2D eigenvalue weighted by Crippen LogP contribution is -2.29. The molecule has 1 aromatic heterocycles. The van der Waals surface area contributed by atoms with Crippen LogP contribution in [0.2, 0.25) is 0 Å². The lowest BCUT2D eigenvalue weighted by Gasteiger charge is -2.10. The zero-order valence-electron chi connectivity index (χ0n) is 13.0. The number of nitrogens with one attached hydrogen (secondary N) is 1. The molecule has 0 bridgehead atoms. The predicted octanol–water partition coefficient (Wildman–Crippen LogP) is 4.78. The van der Waals surface area contributed by atoms with E-state index in [1.807, 2.05) is 0 Å². The molecule has 0 unspecified atom stereocenters. The number of pyridine rings is 1. The Labute approximate surface area is 150 Å². The van der Waals surface area contributed by atoms with Crippen LogP contribution in [-0.4, -0.2) is 22.3 Å². The summed E-state index contributed by atoms with van der Waals surface area (Å²) in [6.45, 7) is 0. The molecule has 2 aromatic carbocycles. The van der Waals surface area contributed by atoms with Crippen LogP contribution in [0.3, 0.4) is 0 Å². The molecule has 1 N–H and O–H groups in total. The van der Waals surface area contributed by atoms with Crippen molar-refractivity contribution in [1.29, 1.82) is 0 Å². The molecule has 1 heterocycles. The summed E-state index contributed by atoms with van der Waals surface area (Å²) in [6.07, 6.45) is -4.96. The quantitative estimate of drug-likeness (QED) is 0.667. The largest absolute Gasteiger partial charge is 0.471 e. The number of hydrogen-bond donors (Lipinski definition) is 1. The Morgan fingerprint density at radius 3 is 2.27 bits per heavy atom. The van der Waals surface area contributed by atoms with Gasteiger partial charge >= 0.3 is 12.1 Å². The third-order valence-corrected chi connectivity index (χ3v) is 3.83. The van der Waals surface area contributed by atoms with Crippen molar-refractivity contribution in [3.63, 3.8) is 0 Å². The van der Waals surface area contributed by atoms with Gasteiger partial charge in [-0.25, -0.2) is 4.98 Å². The number of nitrogens with zero attached hydrogens (tertiary/aromatic N) is 1. The molecule has 0 spiro atoms. The highest BCUT2D eigenvalue weighted by Crippen LogP contribution is 2.27. The van der Waals surface area contributed by atoms with Crippen LogP contribution in [0.15, 0.2) is 54.6 Å². The van der Waals surface area contributed by atoms with E-state index < -0.39 is 17.3 Å². The van der Waals surface area contributed by atoms with Crippen molar-refractivity contribution < 1.29 is 22.8 Å². The maximum atomic E-state index is 12.3. The molecule has 0 fully saturated rings. The van der Waals surface area contributed by atoms with E-state index in [0.717, 1.165) is 0 Å². The highest BCUT2D eigenvalue weighted by atomic mass is 35.5. The Morgan fingerprint density at radius 1 is 1.00 bits per heavy atom. The molecule has 4 nitrogen and oxygen atoms in total. The van der Waals surface area contributed by atoms with E-state index in [-0.39, 0.29) is 11.3 Å². The maximum absolute atomic E-state index is 12.3. The van der Waals surface area contributed by atoms with E-state index >= 15 is 0 Å². The number of para-hydroxylation sites is 1. The fourth-order valence-electron chi connectivity index (χ4n) is 2.41. The molecular formula is C18H10ClF3N2O2. The van der Waals surface area contributed by atoms with E-state index in [1.54, 1.807) is 29.6 Å². The van der Waals surface area contributed by atoms with Gasteiger partial charge in [0.1, 0.15) is 0 Å². The number of aromatic nitrogens is 1. The van der Waals surface area contributed by atoms with Crippen LogP contribution in [0.1, 0.15) is 10.4 Å². The van der Waals surface area contributed by atoms with E-state index in [1.165, 1.54) is 30.3 Å². The predicted molar refractivity (Wildman–Crippen MR) is 92.0 cm³/mol. The van der Waals surface area contributed by atoms with Gasteiger partial charge in [0, 0.05) is 22.2 Å². The van der Waals surface area contributed by atoms with Crippen molar-refractivity contribution in [2.24, 2.45) is 0 Å². The second-order valence-corrected chi connectivity index (χ2v) is 5.72. The Morgan fingerprint density at radius 2 is 1.65 bits per heavy atom. The number of rotatable bonds is 3. The maximum Gasteiger partial charge on any atom is 0.471 e. The van der Waals surface area contributed by atoms with Gasteiger partial charge in [-0.1, -0.05) is 30.3 Å². The summed E-state index contributed by atoms with van der Waals surface area (Å²) >= 11 is 5.65. The number of carbonyl (C=O) groups excluding carboxylic acids is 2. The third-order valence-electron chi connectivity index (χ3n) is 3.62. The lowest BCUT2D eigenvalue weighted by atomic mass is 10.0. The second-order valence-electron chi connectivity index (χ2n) is 5.38. The number of fused-ring (bicyclic) bond motifs is 1. The highest BCUT2D eigenvalue weighted by molar-refractivity contribution is 6.68. The average Bonchev–Trinajstić information content (AvgIpc) is 2.60. The van der Waals surface area contributed by atoms with Gasteiger partial charge in [0.2, 0.25) is 0 Å². The van der Waals surface area contributed by atoms with E-state index in [9.17, 15) is 22.8 Å². The number of amides is 1. The van der Waals surface area contributed by atoms with Crippen LogP contribution >= 0.6 is 11.6 Å². The molecule has 0 atom stereocenters. The molecule has 0 aliphatic heterocycles. The van der Waals surface area contributed by atoms with Gasteiger partial charge in [-0.15, -0.1) is 0 Å². The van der Waals surface area contributed by atoms with Crippen LogP contribution in [0.5, 0.6) is 0 Å². The van der Waals surface area contributed by atoms with Gasteiger partial charge < -0.3 is 5.32 Å². The first-order valence-electron chi connectivity index (χ1n) is 7.34. The van der Waals surface area contributed by atoms with Gasteiger partial charge in [0.25, 0.3) is 5.24 Å². The standard InChI is InChI=1S/C18H10ClF3N2O2/c19-16(25)13-9-15(24-14-4-2-1-3-12(13)14)10-5-7-11(8-6-10)23-17(26)18(20,21)22/h1-9H,(H,23,26). The Bertz CT molecular complexity index is 1000. The van der Waals surface area contributed by atoms with Crippen molar-refractivity contribution in [2.75, 3.05) is 5.32 Å². The molecule has 8 heteroatoms. The van der Waals surface area contributed by atoms with E-state index in [4.69, 9.17) is 11.6 Å². The fourth-order valence-corrected chi connectivity index (χ4v) is 2.57. The zero-order chi connectivity index (χ0) is 18.9. The van der Waals surface area contributed by atoms with Gasteiger partial charge in [-0.05, 0) is 35.9 Å². The van der Waals surface area contributed by atoms with Gasteiger partial charge in [-0.3, -0.25) is 9.59 Å². The number of carbonyl (C=O) groups is 2. The van der Waals surface area contributed by atoms with Crippen molar-refractivity contribution in [3.8, 4) is 11.3 Å². The van der Waals surface area contributed by atoms with Crippen LogP contribution in [0.4, 0.5) is 18.9 Å². The Hall–Kier alpha value is -2.93. The first-order valence-corrected chi connectivity index (χ1v) is 7.72. The van der Waals surface area contributed by atoms with Gasteiger partial charge in [0.15, 0.2) is 0 Å². The minimum Gasteiger partial charge on any atom is -0.318 e. The normalized spacial score (nSPS) is 11.4. The number of alkyl halides is 3. The summed E-state index contributed by atoms with van der Waals surface area (Å²) in [5.74, 6) is -2.05. The Kier molecular flexibility index (Phi) is 4.65. The molecule has 0 aliphatic carbocycles. The smallest absolute Gasteiger partial charge is 0.318 e. The molecule has 26 heavy (non-hydrogen) atoms. The highest BCUT2D eigenvalue weighted by Gasteiger charge is 2.38.